The summed E-state index contributed by atoms with van der Waals surface area (Å²) in [6, 6.07) is 7.57. The molecule has 6 nitrogen and oxygen atoms in total. The highest BCUT2D eigenvalue weighted by molar-refractivity contribution is 5.93. The molecule has 112 valence electrons. The average Bonchev–Trinajstić information content (AvgIpc) is 2.47. The second-order valence-electron chi connectivity index (χ2n) is 5.00. The van der Waals surface area contributed by atoms with Crippen LogP contribution in [0.5, 0.6) is 0 Å². The molecule has 3 heterocycles. The number of nitrogens with zero attached hydrogens (tertiary/aromatic N) is 2. The molecule has 0 saturated carbocycles. The van der Waals surface area contributed by atoms with Crippen molar-refractivity contribution in [1.29, 1.82) is 0 Å². The van der Waals surface area contributed by atoms with Crippen LogP contribution in [0, 0.1) is 6.92 Å². The first kappa shape index (κ1) is 14.1. The van der Waals surface area contributed by atoms with E-state index in [1.54, 1.807) is 12.4 Å². The first-order valence-corrected chi connectivity index (χ1v) is 7.13. The molecular weight excluding hydrogens is 278 g/mol. The summed E-state index contributed by atoms with van der Waals surface area (Å²) in [5.74, 6) is 1.93. The quantitative estimate of drug-likeness (QED) is 0.689. The number of nitrogens with one attached hydrogen (secondary N) is 3. The number of aromatic nitrogens is 3. The molecule has 0 aliphatic carbocycles. The Morgan fingerprint density at radius 1 is 1.23 bits per heavy atom. The number of fused-ring (bicyclic) bond motifs is 1. The minimum absolute atomic E-state index is 0.152. The van der Waals surface area contributed by atoms with Gasteiger partial charge < -0.3 is 15.6 Å². The highest BCUT2D eigenvalue weighted by Gasteiger charge is 2.09. The van der Waals surface area contributed by atoms with Gasteiger partial charge in [-0.05, 0) is 49.1 Å². The molecule has 3 N–H and O–H groups in total. The Labute approximate surface area is 127 Å². The number of rotatable bonds is 4. The molecule has 0 atom stereocenters. The molecule has 3 aromatic rings. The Hall–Kier alpha value is -2.89. The predicted octanol–water partition coefficient (Wildman–Crippen LogP) is 2.80. The zero-order valence-corrected chi connectivity index (χ0v) is 12.5. The third-order valence-corrected chi connectivity index (χ3v) is 3.27. The molecule has 3 aromatic heterocycles. The second-order valence-corrected chi connectivity index (χ2v) is 5.00. The minimum Gasteiger partial charge on any atom is -0.370 e. The average molecular weight is 295 g/mol. The van der Waals surface area contributed by atoms with Gasteiger partial charge in [0.25, 0.3) is 5.56 Å². The van der Waals surface area contributed by atoms with Crippen molar-refractivity contribution in [3.05, 3.63) is 52.6 Å². The summed E-state index contributed by atoms with van der Waals surface area (Å²) in [6.07, 6.45) is 3.38. The smallest absolute Gasteiger partial charge is 0.259 e. The summed E-state index contributed by atoms with van der Waals surface area (Å²) in [7, 11) is 0. The number of aryl methyl sites for hydroxylation is 1. The summed E-state index contributed by atoms with van der Waals surface area (Å²) >= 11 is 0. The minimum atomic E-state index is -0.152. The monoisotopic (exact) mass is 295 g/mol. The fourth-order valence-corrected chi connectivity index (χ4v) is 2.31. The number of pyridine rings is 3. The van der Waals surface area contributed by atoms with Crippen molar-refractivity contribution >= 4 is 28.2 Å². The van der Waals surface area contributed by atoms with Gasteiger partial charge in [0.15, 0.2) is 0 Å². The summed E-state index contributed by atoms with van der Waals surface area (Å²) in [6.45, 7) is 4.65. The van der Waals surface area contributed by atoms with Crippen molar-refractivity contribution in [1.82, 2.24) is 15.0 Å². The molecular formula is C16H17N5O. The molecule has 0 saturated heterocycles. The van der Waals surface area contributed by atoms with Gasteiger partial charge in [-0.15, -0.1) is 0 Å². The number of anilines is 3. The lowest BCUT2D eigenvalue weighted by molar-refractivity contribution is 1.16. The van der Waals surface area contributed by atoms with Crippen LogP contribution in [-0.2, 0) is 0 Å². The summed E-state index contributed by atoms with van der Waals surface area (Å²) in [4.78, 5) is 23.5. The number of H-pyrrole nitrogens is 1. The van der Waals surface area contributed by atoms with E-state index in [9.17, 15) is 4.79 Å². The Bertz CT molecular complexity index is 872. The van der Waals surface area contributed by atoms with E-state index in [0.29, 0.717) is 23.6 Å². The van der Waals surface area contributed by atoms with Crippen LogP contribution in [0.15, 0.2) is 41.5 Å². The van der Waals surface area contributed by atoms with Crippen LogP contribution in [0.3, 0.4) is 0 Å². The van der Waals surface area contributed by atoms with Crippen LogP contribution >= 0.6 is 0 Å². The van der Waals surface area contributed by atoms with Crippen molar-refractivity contribution < 1.29 is 0 Å². The molecule has 0 aliphatic rings. The van der Waals surface area contributed by atoms with E-state index in [0.717, 1.165) is 16.8 Å². The van der Waals surface area contributed by atoms with Crippen molar-refractivity contribution in [2.45, 2.75) is 13.8 Å². The highest BCUT2D eigenvalue weighted by atomic mass is 16.1. The molecule has 0 amide bonds. The summed E-state index contributed by atoms with van der Waals surface area (Å²) < 4.78 is 0. The van der Waals surface area contributed by atoms with Crippen LogP contribution in [0.4, 0.5) is 17.5 Å². The Morgan fingerprint density at radius 2 is 2.09 bits per heavy atom. The fraction of sp³-hybridized carbons (Fsp3) is 0.188. The fourth-order valence-electron chi connectivity index (χ4n) is 2.31. The molecule has 0 aliphatic heterocycles. The lowest BCUT2D eigenvalue weighted by Crippen LogP contribution is -2.11. The first-order chi connectivity index (χ1) is 10.7. The van der Waals surface area contributed by atoms with Gasteiger partial charge in [-0.3, -0.25) is 4.79 Å². The van der Waals surface area contributed by atoms with Crippen molar-refractivity contribution in [3.8, 4) is 0 Å². The van der Waals surface area contributed by atoms with Crippen LogP contribution in [-0.4, -0.2) is 21.5 Å². The lowest BCUT2D eigenvalue weighted by atomic mass is 10.2. The van der Waals surface area contributed by atoms with Crippen molar-refractivity contribution in [2.24, 2.45) is 0 Å². The van der Waals surface area contributed by atoms with Gasteiger partial charge in [0.2, 0.25) is 0 Å². The third-order valence-electron chi connectivity index (χ3n) is 3.27. The van der Waals surface area contributed by atoms with E-state index in [2.05, 4.69) is 25.6 Å². The zero-order chi connectivity index (χ0) is 15.5. The normalized spacial score (nSPS) is 10.6. The second kappa shape index (κ2) is 5.85. The maximum absolute atomic E-state index is 12.0. The Balaban J connectivity index is 2.09. The van der Waals surface area contributed by atoms with E-state index >= 15 is 0 Å². The topological polar surface area (TPSA) is 82.7 Å². The van der Waals surface area contributed by atoms with Gasteiger partial charge >= 0.3 is 0 Å². The largest absolute Gasteiger partial charge is 0.370 e. The molecule has 22 heavy (non-hydrogen) atoms. The lowest BCUT2D eigenvalue weighted by Gasteiger charge is -2.11. The number of hydrogen-bond acceptors (Lipinski definition) is 5. The summed E-state index contributed by atoms with van der Waals surface area (Å²) in [5, 5.41) is 7.70. The molecule has 0 fully saturated rings. The van der Waals surface area contributed by atoms with Crippen molar-refractivity contribution in [3.63, 3.8) is 0 Å². The maximum atomic E-state index is 12.0. The van der Waals surface area contributed by atoms with E-state index in [1.807, 2.05) is 38.1 Å². The molecule has 0 spiro atoms. The van der Waals surface area contributed by atoms with Gasteiger partial charge in [0.1, 0.15) is 17.5 Å². The van der Waals surface area contributed by atoms with E-state index in [4.69, 9.17) is 0 Å². The molecule has 3 rings (SSSR count). The van der Waals surface area contributed by atoms with Crippen molar-refractivity contribution in [2.75, 3.05) is 17.2 Å². The summed E-state index contributed by atoms with van der Waals surface area (Å²) in [5.41, 5.74) is 0.961. The number of hydrogen-bond donors (Lipinski definition) is 3. The molecule has 0 radical (unpaired) electrons. The molecule has 0 bridgehead atoms. The van der Waals surface area contributed by atoms with Gasteiger partial charge in [-0.25, -0.2) is 9.97 Å². The van der Waals surface area contributed by atoms with E-state index < -0.39 is 0 Å². The number of aromatic amines is 1. The predicted molar refractivity (Wildman–Crippen MR) is 88.8 cm³/mol. The maximum Gasteiger partial charge on any atom is 0.259 e. The van der Waals surface area contributed by atoms with Gasteiger partial charge in [0.05, 0.1) is 5.39 Å². The van der Waals surface area contributed by atoms with Crippen LogP contribution in [0.25, 0.3) is 10.8 Å². The van der Waals surface area contributed by atoms with Gasteiger partial charge in [0, 0.05) is 18.9 Å². The molecule has 0 unspecified atom stereocenters. The highest BCUT2D eigenvalue weighted by Crippen LogP contribution is 2.23. The van der Waals surface area contributed by atoms with E-state index in [-0.39, 0.29) is 5.56 Å². The van der Waals surface area contributed by atoms with Gasteiger partial charge in [-0.2, -0.15) is 0 Å². The van der Waals surface area contributed by atoms with E-state index in [1.165, 1.54) is 0 Å². The van der Waals surface area contributed by atoms with Crippen LogP contribution < -0.4 is 16.2 Å². The molecule has 0 aromatic carbocycles. The third kappa shape index (κ3) is 2.76. The van der Waals surface area contributed by atoms with Crippen LogP contribution in [0.1, 0.15) is 12.5 Å². The Kier molecular flexibility index (Phi) is 3.74. The standard InChI is InChI=1S/C16H17N5O/c1-3-17-15-14-11(5-7-19-16(14)22)9-13(21-15)20-12-8-10(2)4-6-18-12/h4-9H,3H2,1-2H3,(H,19,22)(H2,17,18,20,21). The Morgan fingerprint density at radius 3 is 2.86 bits per heavy atom. The zero-order valence-electron chi connectivity index (χ0n) is 12.5. The SMILES string of the molecule is CCNc1nc(Nc2cc(C)ccn2)cc2cc[nH]c(=O)c12. The first-order valence-electron chi connectivity index (χ1n) is 7.13. The van der Waals surface area contributed by atoms with Crippen LogP contribution in [0.2, 0.25) is 0 Å². The van der Waals surface area contributed by atoms with Gasteiger partial charge in [-0.1, -0.05) is 0 Å². The molecule has 6 heteroatoms.